The number of carbonyl (C=O) groups excluding carboxylic acids is 1. The molecule has 0 aliphatic carbocycles. The fourth-order valence-corrected chi connectivity index (χ4v) is 3.56. The van der Waals surface area contributed by atoms with Crippen LogP contribution >= 0.6 is 0 Å². The number of ether oxygens (including phenoxy) is 2. The number of nitrogens with zero attached hydrogens (tertiary/aromatic N) is 2. The van der Waals surface area contributed by atoms with Crippen molar-refractivity contribution in [2.75, 3.05) is 36.0 Å². The smallest absolute Gasteiger partial charge is 0.414 e. The number of morpholine rings is 1. The first-order valence-electron chi connectivity index (χ1n) is 7.93. The number of hydrogen-bond acceptors (Lipinski definition) is 5. The van der Waals surface area contributed by atoms with Gasteiger partial charge < -0.3 is 19.5 Å². The maximum absolute atomic E-state index is 14.6. The van der Waals surface area contributed by atoms with Crippen LogP contribution in [0.1, 0.15) is 12.8 Å². The lowest BCUT2D eigenvalue weighted by molar-refractivity contribution is 0.0303. The fourth-order valence-electron chi connectivity index (χ4n) is 3.56. The molecule has 3 aliphatic heterocycles. The molecule has 7 heteroatoms. The molecule has 3 heterocycles. The Morgan fingerprint density at radius 2 is 1.96 bits per heavy atom. The summed E-state index contributed by atoms with van der Waals surface area (Å²) >= 11 is 0. The third-order valence-electron chi connectivity index (χ3n) is 4.70. The molecule has 3 atom stereocenters. The number of anilines is 2. The molecule has 0 saturated carbocycles. The molecular weight excluding hydrogens is 303 g/mol. The first-order valence-corrected chi connectivity index (χ1v) is 7.93. The Balaban J connectivity index is 1.54. The minimum Gasteiger partial charge on any atom is -0.441 e. The maximum Gasteiger partial charge on any atom is 0.414 e. The van der Waals surface area contributed by atoms with Gasteiger partial charge in [-0.15, -0.1) is 0 Å². The van der Waals surface area contributed by atoms with Crippen LogP contribution in [0.5, 0.6) is 0 Å². The van der Waals surface area contributed by atoms with Gasteiger partial charge in [0.05, 0.1) is 36.7 Å². The number of aliphatic hydroxyl groups excluding tert-OH is 1. The minimum absolute atomic E-state index is 0.187. The number of carbonyl (C=O) groups is 1. The first-order chi connectivity index (χ1) is 11.1. The van der Waals surface area contributed by atoms with Crippen LogP contribution < -0.4 is 9.80 Å². The second-order valence-corrected chi connectivity index (χ2v) is 6.30. The van der Waals surface area contributed by atoms with E-state index in [0.717, 1.165) is 12.8 Å². The number of halogens is 1. The van der Waals surface area contributed by atoms with Crippen LogP contribution in [0.4, 0.5) is 20.6 Å². The Hall–Kier alpha value is -1.86. The molecule has 2 bridgehead atoms. The normalized spacial score (nSPS) is 30.0. The SMILES string of the molecule is O=C1OC(CO)CN1c1ccc(N2CC3CCC(C2)O3)c(F)c1. The zero-order valence-corrected chi connectivity index (χ0v) is 12.7. The van der Waals surface area contributed by atoms with Crippen molar-refractivity contribution < 1.29 is 23.8 Å². The van der Waals surface area contributed by atoms with Gasteiger partial charge >= 0.3 is 6.09 Å². The van der Waals surface area contributed by atoms with Crippen LogP contribution in [0.25, 0.3) is 0 Å². The Labute approximate surface area is 133 Å². The summed E-state index contributed by atoms with van der Waals surface area (Å²) in [4.78, 5) is 15.1. The number of benzene rings is 1. The lowest BCUT2D eigenvalue weighted by Gasteiger charge is -2.34. The van der Waals surface area contributed by atoms with Crippen molar-refractivity contribution in [3.05, 3.63) is 24.0 Å². The predicted molar refractivity (Wildman–Crippen MR) is 81.2 cm³/mol. The molecule has 0 radical (unpaired) electrons. The lowest BCUT2D eigenvalue weighted by Crippen LogP contribution is -2.43. The summed E-state index contributed by atoms with van der Waals surface area (Å²) in [6, 6.07) is 4.78. The van der Waals surface area contributed by atoms with E-state index in [1.807, 2.05) is 4.90 Å². The van der Waals surface area contributed by atoms with E-state index in [4.69, 9.17) is 14.6 Å². The Morgan fingerprint density at radius 1 is 1.22 bits per heavy atom. The van der Waals surface area contributed by atoms with Gasteiger partial charge in [-0.25, -0.2) is 9.18 Å². The van der Waals surface area contributed by atoms with Gasteiger partial charge in [0, 0.05) is 13.1 Å². The van der Waals surface area contributed by atoms with Crippen molar-refractivity contribution in [2.24, 2.45) is 0 Å². The van der Waals surface area contributed by atoms with Gasteiger partial charge in [-0.2, -0.15) is 0 Å². The topological polar surface area (TPSA) is 62.2 Å². The van der Waals surface area contributed by atoms with Gasteiger partial charge in [-0.05, 0) is 31.0 Å². The molecule has 23 heavy (non-hydrogen) atoms. The molecular formula is C16H19FN2O4. The highest BCUT2D eigenvalue weighted by Crippen LogP contribution is 2.33. The van der Waals surface area contributed by atoms with Gasteiger partial charge in [0.1, 0.15) is 11.9 Å². The van der Waals surface area contributed by atoms with Crippen molar-refractivity contribution in [3.8, 4) is 0 Å². The summed E-state index contributed by atoms with van der Waals surface area (Å²) in [5, 5.41) is 9.08. The Kier molecular flexibility index (Phi) is 3.61. The standard InChI is InChI=1S/C16H19FN2O4/c17-14-5-10(19-8-13(9-20)23-16(19)21)1-4-15(14)18-6-11-2-3-12(7-18)22-11/h1,4-5,11-13,20H,2-3,6-9H2. The molecule has 3 saturated heterocycles. The van der Waals surface area contributed by atoms with E-state index in [0.29, 0.717) is 24.5 Å². The Bertz CT molecular complexity index is 614. The summed E-state index contributed by atoms with van der Waals surface area (Å²) in [7, 11) is 0. The summed E-state index contributed by atoms with van der Waals surface area (Å²) in [5.41, 5.74) is 0.989. The zero-order valence-electron chi connectivity index (χ0n) is 12.7. The molecule has 124 valence electrons. The molecule has 3 fully saturated rings. The van der Waals surface area contributed by atoms with Crippen molar-refractivity contribution in [1.29, 1.82) is 0 Å². The molecule has 6 nitrogen and oxygen atoms in total. The van der Waals surface area contributed by atoms with Crippen LogP contribution in [-0.4, -0.2) is 55.8 Å². The molecule has 0 aromatic heterocycles. The van der Waals surface area contributed by atoms with Crippen LogP contribution in [0.3, 0.4) is 0 Å². The molecule has 3 aliphatic rings. The van der Waals surface area contributed by atoms with Crippen LogP contribution in [-0.2, 0) is 9.47 Å². The van der Waals surface area contributed by atoms with Crippen molar-refractivity contribution >= 4 is 17.5 Å². The van der Waals surface area contributed by atoms with E-state index in [1.165, 1.54) is 11.0 Å². The van der Waals surface area contributed by atoms with Gasteiger partial charge in [0.15, 0.2) is 0 Å². The first kappa shape index (κ1) is 14.7. The molecule has 1 amide bonds. The van der Waals surface area contributed by atoms with Gasteiger partial charge in [0.2, 0.25) is 0 Å². The second-order valence-electron chi connectivity index (χ2n) is 6.30. The summed E-state index contributed by atoms with van der Waals surface area (Å²) in [6.45, 7) is 1.39. The quantitative estimate of drug-likeness (QED) is 0.914. The number of hydrogen-bond donors (Lipinski definition) is 1. The summed E-state index contributed by atoms with van der Waals surface area (Å²) < 4.78 is 25.3. The highest BCUT2D eigenvalue weighted by atomic mass is 19.1. The van der Waals surface area contributed by atoms with E-state index in [-0.39, 0.29) is 31.2 Å². The summed E-state index contributed by atoms with van der Waals surface area (Å²) in [6.07, 6.45) is 1.32. The minimum atomic E-state index is -0.555. The molecule has 1 aromatic carbocycles. The van der Waals surface area contributed by atoms with Crippen LogP contribution in [0.2, 0.25) is 0 Å². The highest BCUT2D eigenvalue weighted by molar-refractivity contribution is 5.90. The second kappa shape index (κ2) is 5.65. The van der Waals surface area contributed by atoms with Crippen molar-refractivity contribution in [2.45, 2.75) is 31.2 Å². The van der Waals surface area contributed by atoms with E-state index in [1.54, 1.807) is 12.1 Å². The molecule has 3 unspecified atom stereocenters. The Morgan fingerprint density at radius 3 is 2.57 bits per heavy atom. The third kappa shape index (κ3) is 2.64. The average Bonchev–Trinajstić information content (AvgIpc) is 3.09. The number of rotatable bonds is 3. The zero-order chi connectivity index (χ0) is 16.0. The van der Waals surface area contributed by atoms with Crippen molar-refractivity contribution in [3.63, 3.8) is 0 Å². The monoisotopic (exact) mass is 322 g/mol. The molecule has 1 aromatic rings. The summed E-state index contributed by atoms with van der Waals surface area (Å²) in [5.74, 6) is -0.357. The third-order valence-corrected chi connectivity index (χ3v) is 4.70. The number of aliphatic hydroxyl groups is 1. The molecule has 1 N–H and O–H groups in total. The van der Waals surface area contributed by atoms with Gasteiger partial charge in [-0.1, -0.05) is 0 Å². The predicted octanol–water partition coefficient (Wildman–Crippen LogP) is 1.51. The van der Waals surface area contributed by atoms with Crippen LogP contribution in [0, 0.1) is 5.82 Å². The number of cyclic esters (lactones) is 1. The van der Waals surface area contributed by atoms with Crippen molar-refractivity contribution in [1.82, 2.24) is 0 Å². The largest absolute Gasteiger partial charge is 0.441 e. The van der Waals surface area contributed by atoms with Gasteiger partial charge in [-0.3, -0.25) is 4.90 Å². The fraction of sp³-hybridized carbons (Fsp3) is 0.562. The lowest BCUT2D eigenvalue weighted by atomic mass is 10.2. The van der Waals surface area contributed by atoms with Crippen LogP contribution in [0.15, 0.2) is 18.2 Å². The molecule has 0 spiro atoms. The molecule has 4 rings (SSSR count). The number of fused-ring (bicyclic) bond motifs is 2. The number of amides is 1. The van der Waals surface area contributed by atoms with E-state index < -0.39 is 12.2 Å². The maximum atomic E-state index is 14.6. The average molecular weight is 322 g/mol. The van der Waals surface area contributed by atoms with E-state index >= 15 is 0 Å². The van der Waals surface area contributed by atoms with Gasteiger partial charge in [0.25, 0.3) is 0 Å². The van der Waals surface area contributed by atoms with E-state index in [2.05, 4.69) is 0 Å². The van der Waals surface area contributed by atoms with E-state index in [9.17, 15) is 9.18 Å². The highest BCUT2D eigenvalue weighted by Gasteiger charge is 2.35.